The van der Waals surface area contributed by atoms with Gasteiger partial charge in [-0.15, -0.1) is 0 Å². The minimum Gasteiger partial charge on any atom is -0.427 e. The molecule has 1 fully saturated rings. The zero-order valence-corrected chi connectivity index (χ0v) is 19.7. The lowest BCUT2D eigenvalue weighted by Crippen LogP contribution is -2.45. The molecule has 0 heterocycles. The average molecular weight is 505 g/mol. The standard InChI is InChI=1S/C27H31F7O/c1-2-3-4-5-6-18-7-9-19(10-8-18)20-11-13-21(14-12-20)22-15-16-24(23(28)17-22)35-27(33,34)25(29)26(30,31)32/h11-19,25H,2-10H2,1H3. The molecule has 0 aromatic heterocycles. The molecule has 194 valence electrons. The van der Waals surface area contributed by atoms with E-state index in [9.17, 15) is 30.7 Å². The van der Waals surface area contributed by atoms with Crippen molar-refractivity contribution in [3.05, 3.63) is 53.8 Å². The van der Waals surface area contributed by atoms with Gasteiger partial charge >= 0.3 is 12.3 Å². The van der Waals surface area contributed by atoms with Gasteiger partial charge in [-0.05, 0) is 66.3 Å². The third kappa shape index (κ3) is 7.37. The normalized spacial score (nSPS) is 20.0. The summed E-state index contributed by atoms with van der Waals surface area (Å²) in [7, 11) is 0. The highest BCUT2D eigenvalue weighted by Gasteiger charge is 2.59. The van der Waals surface area contributed by atoms with E-state index in [4.69, 9.17) is 0 Å². The van der Waals surface area contributed by atoms with Gasteiger partial charge < -0.3 is 4.74 Å². The molecule has 1 nitrogen and oxygen atoms in total. The fourth-order valence-electron chi connectivity index (χ4n) is 4.74. The number of halogens is 7. The van der Waals surface area contributed by atoms with Crippen molar-refractivity contribution in [1.82, 2.24) is 0 Å². The van der Waals surface area contributed by atoms with Gasteiger partial charge in [0.05, 0.1) is 0 Å². The maximum Gasteiger partial charge on any atom is 0.439 e. The molecule has 1 saturated carbocycles. The molecule has 1 aliphatic carbocycles. The van der Waals surface area contributed by atoms with Crippen LogP contribution in [0.25, 0.3) is 11.1 Å². The van der Waals surface area contributed by atoms with Crippen molar-refractivity contribution >= 4 is 0 Å². The lowest BCUT2D eigenvalue weighted by Gasteiger charge is -2.29. The van der Waals surface area contributed by atoms with Crippen LogP contribution in [0, 0.1) is 11.7 Å². The van der Waals surface area contributed by atoms with Crippen LogP contribution in [0.15, 0.2) is 42.5 Å². The van der Waals surface area contributed by atoms with E-state index in [0.29, 0.717) is 17.0 Å². The highest BCUT2D eigenvalue weighted by atomic mass is 19.4. The van der Waals surface area contributed by atoms with Crippen LogP contribution in [0.5, 0.6) is 5.75 Å². The second kappa shape index (κ2) is 11.7. The maximum absolute atomic E-state index is 14.3. The molecule has 0 aliphatic heterocycles. The Balaban J connectivity index is 1.59. The Kier molecular flexibility index (Phi) is 9.11. The molecule has 3 rings (SSSR count). The summed E-state index contributed by atoms with van der Waals surface area (Å²) in [6.45, 7) is 2.21. The minimum absolute atomic E-state index is 0.341. The summed E-state index contributed by atoms with van der Waals surface area (Å²) in [5, 5.41) is 0. The van der Waals surface area contributed by atoms with Gasteiger partial charge in [0, 0.05) is 0 Å². The Morgan fingerprint density at radius 1 is 0.857 bits per heavy atom. The molecule has 0 amide bonds. The number of alkyl halides is 6. The summed E-state index contributed by atoms with van der Waals surface area (Å²) in [6, 6.07) is 10.4. The largest absolute Gasteiger partial charge is 0.439 e. The van der Waals surface area contributed by atoms with Gasteiger partial charge in [0.15, 0.2) is 11.6 Å². The van der Waals surface area contributed by atoms with E-state index in [1.807, 2.05) is 12.1 Å². The third-order valence-electron chi connectivity index (χ3n) is 6.79. The number of hydrogen-bond donors (Lipinski definition) is 0. The van der Waals surface area contributed by atoms with Gasteiger partial charge in [-0.25, -0.2) is 8.78 Å². The molecule has 2 aromatic carbocycles. The molecule has 1 unspecified atom stereocenters. The van der Waals surface area contributed by atoms with Gasteiger partial charge in [0.25, 0.3) is 6.17 Å². The van der Waals surface area contributed by atoms with Crippen molar-refractivity contribution < 1.29 is 35.5 Å². The van der Waals surface area contributed by atoms with Crippen LogP contribution in [0.3, 0.4) is 0 Å². The van der Waals surface area contributed by atoms with Gasteiger partial charge in [-0.1, -0.05) is 69.4 Å². The number of rotatable bonds is 10. The Bertz CT molecular complexity index is 932. The summed E-state index contributed by atoms with van der Waals surface area (Å²) >= 11 is 0. The highest BCUT2D eigenvalue weighted by Crippen LogP contribution is 2.40. The van der Waals surface area contributed by atoms with Crippen LogP contribution >= 0.6 is 0 Å². The van der Waals surface area contributed by atoms with E-state index in [0.717, 1.165) is 30.9 Å². The highest BCUT2D eigenvalue weighted by molar-refractivity contribution is 5.64. The number of ether oxygens (including phenoxy) is 1. The second-order valence-corrected chi connectivity index (χ2v) is 9.40. The molecule has 0 N–H and O–H groups in total. The van der Waals surface area contributed by atoms with Gasteiger partial charge in [-0.2, -0.15) is 22.0 Å². The average Bonchev–Trinajstić information content (AvgIpc) is 2.82. The second-order valence-electron chi connectivity index (χ2n) is 9.40. The number of hydrogen-bond acceptors (Lipinski definition) is 1. The smallest absolute Gasteiger partial charge is 0.427 e. The van der Waals surface area contributed by atoms with Crippen molar-refractivity contribution in [1.29, 1.82) is 0 Å². The van der Waals surface area contributed by atoms with E-state index in [2.05, 4.69) is 11.7 Å². The van der Waals surface area contributed by atoms with Gasteiger partial charge in [0.2, 0.25) is 0 Å². The minimum atomic E-state index is -5.84. The Labute approximate surface area is 201 Å². The Hall–Kier alpha value is -2.25. The van der Waals surface area contributed by atoms with Crippen molar-refractivity contribution in [3.8, 4) is 16.9 Å². The molecular weight excluding hydrogens is 473 g/mol. The summed E-state index contributed by atoms with van der Waals surface area (Å²) in [6.07, 6.45) is -4.55. The topological polar surface area (TPSA) is 9.23 Å². The molecule has 0 bridgehead atoms. The summed E-state index contributed by atoms with van der Waals surface area (Å²) in [5.41, 5.74) is 2.15. The zero-order valence-electron chi connectivity index (χ0n) is 19.7. The fourth-order valence-corrected chi connectivity index (χ4v) is 4.74. The Morgan fingerprint density at radius 3 is 2.06 bits per heavy atom. The molecule has 8 heteroatoms. The SMILES string of the molecule is CCCCCCC1CCC(c2ccc(-c3ccc(OC(F)(F)C(F)C(F)(F)F)c(F)c3)cc2)CC1. The molecule has 2 aromatic rings. The maximum atomic E-state index is 14.3. The molecular formula is C27H31F7O. The zero-order chi connectivity index (χ0) is 25.6. The molecule has 1 aliphatic rings. The lowest BCUT2D eigenvalue weighted by atomic mass is 9.77. The van der Waals surface area contributed by atoms with Crippen molar-refractivity contribution in [2.45, 2.75) is 89.1 Å². The van der Waals surface area contributed by atoms with Crippen LogP contribution in [0.2, 0.25) is 0 Å². The number of benzene rings is 2. The molecule has 0 spiro atoms. The van der Waals surface area contributed by atoms with Gasteiger partial charge in [-0.3, -0.25) is 0 Å². The van der Waals surface area contributed by atoms with E-state index in [-0.39, 0.29) is 0 Å². The molecule has 0 radical (unpaired) electrons. The number of unbranched alkanes of at least 4 members (excludes halogenated alkanes) is 3. The molecule has 35 heavy (non-hydrogen) atoms. The van der Waals surface area contributed by atoms with E-state index in [1.54, 1.807) is 12.1 Å². The van der Waals surface area contributed by atoms with Crippen LogP contribution < -0.4 is 4.74 Å². The molecule has 0 saturated heterocycles. The monoisotopic (exact) mass is 504 g/mol. The molecule has 1 atom stereocenters. The quantitative estimate of drug-likeness (QED) is 0.231. The van der Waals surface area contributed by atoms with Crippen molar-refractivity contribution in [2.75, 3.05) is 0 Å². The van der Waals surface area contributed by atoms with Crippen LogP contribution in [-0.2, 0) is 0 Å². The van der Waals surface area contributed by atoms with Crippen LogP contribution in [0.1, 0.15) is 76.2 Å². The van der Waals surface area contributed by atoms with Crippen LogP contribution in [-0.4, -0.2) is 18.5 Å². The summed E-state index contributed by atoms with van der Waals surface area (Å²) in [5.74, 6) is -1.21. The third-order valence-corrected chi connectivity index (χ3v) is 6.79. The first-order valence-corrected chi connectivity index (χ1v) is 12.2. The predicted molar refractivity (Wildman–Crippen MR) is 122 cm³/mol. The summed E-state index contributed by atoms with van der Waals surface area (Å²) < 4.78 is 94.8. The first-order chi connectivity index (χ1) is 16.5. The van der Waals surface area contributed by atoms with Crippen LogP contribution in [0.4, 0.5) is 30.7 Å². The lowest BCUT2D eigenvalue weighted by molar-refractivity contribution is -0.305. The summed E-state index contributed by atoms with van der Waals surface area (Å²) in [4.78, 5) is 0. The predicted octanol–water partition coefficient (Wildman–Crippen LogP) is 9.61. The first-order valence-electron chi connectivity index (χ1n) is 12.2. The Morgan fingerprint density at radius 2 is 1.49 bits per heavy atom. The fraction of sp³-hybridized carbons (Fsp3) is 0.556. The van der Waals surface area contributed by atoms with Gasteiger partial charge in [0.1, 0.15) is 0 Å². The van der Waals surface area contributed by atoms with E-state index >= 15 is 0 Å². The first kappa shape index (κ1) is 27.3. The van der Waals surface area contributed by atoms with E-state index < -0.39 is 30.0 Å². The van der Waals surface area contributed by atoms with E-state index in [1.165, 1.54) is 56.6 Å². The van der Waals surface area contributed by atoms with Crippen molar-refractivity contribution in [3.63, 3.8) is 0 Å². The van der Waals surface area contributed by atoms with Crippen molar-refractivity contribution in [2.24, 2.45) is 5.92 Å².